The molecule has 0 atom stereocenters. The van der Waals surface area contributed by atoms with Gasteiger partial charge in [0.1, 0.15) is 0 Å². The van der Waals surface area contributed by atoms with E-state index in [4.69, 9.17) is 10.2 Å². The summed E-state index contributed by atoms with van der Waals surface area (Å²) >= 11 is 0. The smallest absolute Gasteiger partial charge is 0.303 e. The van der Waals surface area contributed by atoms with Crippen LogP contribution in [0, 0.1) is 0 Å². The van der Waals surface area contributed by atoms with Gasteiger partial charge in [0.15, 0.2) is 0 Å². The first-order chi connectivity index (χ1) is 4.13. The van der Waals surface area contributed by atoms with E-state index in [0.717, 1.165) is 0 Å². The maximum atomic E-state index is 9.79. The molecular weight excluding hydrogens is 204 g/mol. The third-order valence-corrected chi connectivity index (χ3v) is 0.781. The molecule has 0 amide bonds. The van der Waals surface area contributed by atoms with E-state index in [0.29, 0.717) is 0 Å². The molecule has 0 bridgehead atoms. The lowest BCUT2D eigenvalue weighted by atomic mass is 10.2. The predicted octanol–water partition coefficient (Wildman–Crippen LogP) is 0.904. The molecule has 2 N–H and O–H groups in total. The highest BCUT2D eigenvalue weighted by Crippen LogP contribution is 1.93. The van der Waals surface area contributed by atoms with Gasteiger partial charge in [-0.3, -0.25) is 9.59 Å². The second-order valence-corrected chi connectivity index (χ2v) is 1.64. The number of aliphatic carboxylic acids is 2. The summed E-state index contributed by atoms with van der Waals surface area (Å²) in [5.74, 6) is -1.90. The van der Waals surface area contributed by atoms with E-state index in [1.165, 1.54) is 0 Å². The molecule has 0 radical (unpaired) electrons. The topological polar surface area (TPSA) is 74.6 Å². The van der Waals surface area contributed by atoms with Gasteiger partial charge >= 0.3 is 11.9 Å². The normalized spacial score (nSPS) is 8.00. The standard InChI is InChI=1S/C5H8O4.BrH/c6-4(7)2-1-3-5(8)9;/h1-3H2,(H,6,7)(H,8,9);1H. The molecule has 0 spiro atoms. The van der Waals surface area contributed by atoms with Gasteiger partial charge in [0.05, 0.1) is 0 Å². The molecule has 0 aromatic rings. The SMILES string of the molecule is Br.O=C(O)CCCC(=O)O. The van der Waals surface area contributed by atoms with Gasteiger partial charge in [0.25, 0.3) is 0 Å². The van der Waals surface area contributed by atoms with Crippen molar-refractivity contribution in [3.8, 4) is 0 Å². The molecule has 5 heteroatoms. The van der Waals surface area contributed by atoms with Crippen molar-refractivity contribution in [3.05, 3.63) is 0 Å². The Morgan fingerprint density at radius 1 is 1.00 bits per heavy atom. The Hall–Kier alpha value is -0.580. The monoisotopic (exact) mass is 212 g/mol. The zero-order valence-corrected chi connectivity index (χ0v) is 6.95. The molecule has 0 saturated heterocycles. The van der Waals surface area contributed by atoms with Crippen molar-refractivity contribution < 1.29 is 19.8 Å². The molecule has 0 rings (SSSR count). The van der Waals surface area contributed by atoms with Gasteiger partial charge in [0, 0.05) is 12.8 Å². The molecule has 0 fully saturated rings. The largest absolute Gasteiger partial charge is 0.481 e. The summed E-state index contributed by atoms with van der Waals surface area (Å²) in [6.45, 7) is 0. The molecular formula is C5H9BrO4. The Kier molecular flexibility index (Phi) is 7.93. The molecule has 0 unspecified atom stereocenters. The second kappa shape index (κ2) is 6.54. The fourth-order valence-corrected chi connectivity index (χ4v) is 0.391. The number of carboxylic acid groups (broad SMARTS) is 2. The zero-order valence-electron chi connectivity index (χ0n) is 5.24. The average molecular weight is 213 g/mol. The van der Waals surface area contributed by atoms with Crippen LogP contribution in [0.15, 0.2) is 0 Å². The number of hydrogen-bond acceptors (Lipinski definition) is 2. The van der Waals surface area contributed by atoms with E-state index in [1.54, 1.807) is 0 Å². The van der Waals surface area contributed by atoms with Crippen LogP contribution in [-0.4, -0.2) is 22.2 Å². The molecule has 4 nitrogen and oxygen atoms in total. The third-order valence-electron chi connectivity index (χ3n) is 0.781. The van der Waals surface area contributed by atoms with Crippen LogP contribution in [-0.2, 0) is 9.59 Å². The van der Waals surface area contributed by atoms with Crippen LogP contribution in [0.5, 0.6) is 0 Å². The van der Waals surface area contributed by atoms with Gasteiger partial charge < -0.3 is 10.2 Å². The first-order valence-electron chi connectivity index (χ1n) is 2.56. The fourth-order valence-electron chi connectivity index (χ4n) is 0.391. The number of carboxylic acids is 2. The van der Waals surface area contributed by atoms with Gasteiger partial charge in [-0.25, -0.2) is 0 Å². The molecule has 0 aromatic carbocycles. The second-order valence-electron chi connectivity index (χ2n) is 1.64. The van der Waals surface area contributed by atoms with Gasteiger partial charge in [0.2, 0.25) is 0 Å². The molecule has 0 aliphatic heterocycles. The minimum absolute atomic E-state index is 0. The molecule has 10 heavy (non-hydrogen) atoms. The van der Waals surface area contributed by atoms with Gasteiger partial charge in [-0.1, -0.05) is 0 Å². The van der Waals surface area contributed by atoms with Crippen LogP contribution in [0.25, 0.3) is 0 Å². The number of hydrogen-bond donors (Lipinski definition) is 2. The highest BCUT2D eigenvalue weighted by molar-refractivity contribution is 8.93. The maximum Gasteiger partial charge on any atom is 0.303 e. The zero-order chi connectivity index (χ0) is 7.28. The minimum atomic E-state index is -0.948. The van der Waals surface area contributed by atoms with Crippen molar-refractivity contribution in [2.45, 2.75) is 19.3 Å². The number of halogens is 1. The molecule has 60 valence electrons. The Morgan fingerprint density at radius 3 is 1.50 bits per heavy atom. The Labute approximate surface area is 68.6 Å². The maximum absolute atomic E-state index is 9.79. The van der Waals surface area contributed by atoms with Gasteiger partial charge in [-0.05, 0) is 6.42 Å². The van der Waals surface area contributed by atoms with E-state index in [1.807, 2.05) is 0 Å². The van der Waals surface area contributed by atoms with Crippen molar-refractivity contribution in [1.82, 2.24) is 0 Å². The summed E-state index contributed by atoms with van der Waals surface area (Å²) in [6.07, 6.45) is 0.0866. The lowest BCUT2D eigenvalue weighted by Crippen LogP contribution is -1.98. The Bertz CT molecular complexity index is 109. The van der Waals surface area contributed by atoms with E-state index in [-0.39, 0.29) is 36.2 Å². The van der Waals surface area contributed by atoms with Crippen molar-refractivity contribution in [1.29, 1.82) is 0 Å². The summed E-state index contributed by atoms with van der Waals surface area (Å²) in [5.41, 5.74) is 0. The van der Waals surface area contributed by atoms with Crippen molar-refractivity contribution >= 4 is 28.9 Å². The summed E-state index contributed by atoms with van der Waals surface area (Å²) in [7, 11) is 0. The van der Waals surface area contributed by atoms with Crippen LogP contribution >= 0.6 is 17.0 Å². The summed E-state index contributed by atoms with van der Waals surface area (Å²) < 4.78 is 0. The average Bonchev–Trinajstić information content (AvgIpc) is 1.63. The van der Waals surface area contributed by atoms with Crippen LogP contribution in [0.1, 0.15) is 19.3 Å². The van der Waals surface area contributed by atoms with Gasteiger partial charge in [-0.15, -0.1) is 17.0 Å². The lowest BCUT2D eigenvalue weighted by Gasteiger charge is -1.89. The lowest BCUT2D eigenvalue weighted by molar-refractivity contribution is -0.138. The van der Waals surface area contributed by atoms with Crippen LogP contribution in [0.2, 0.25) is 0 Å². The number of carbonyl (C=O) groups is 2. The minimum Gasteiger partial charge on any atom is -0.481 e. The Balaban J connectivity index is 0. The summed E-state index contributed by atoms with van der Waals surface area (Å²) in [5, 5.41) is 16.1. The molecule has 0 aromatic heterocycles. The molecule has 0 aliphatic rings. The van der Waals surface area contributed by atoms with E-state index in [2.05, 4.69) is 0 Å². The van der Waals surface area contributed by atoms with Crippen molar-refractivity contribution in [2.75, 3.05) is 0 Å². The highest BCUT2D eigenvalue weighted by atomic mass is 79.9. The van der Waals surface area contributed by atoms with Crippen molar-refractivity contribution in [2.24, 2.45) is 0 Å². The van der Waals surface area contributed by atoms with Crippen LogP contribution in [0.4, 0.5) is 0 Å². The van der Waals surface area contributed by atoms with E-state index < -0.39 is 11.9 Å². The highest BCUT2D eigenvalue weighted by Gasteiger charge is 1.99. The molecule has 0 saturated carbocycles. The van der Waals surface area contributed by atoms with E-state index >= 15 is 0 Å². The summed E-state index contributed by atoms with van der Waals surface area (Å²) in [4.78, 5) is 19.6. The predicted molar refractivity (Wildman–Crippen MR) is 39.4 cm³/mol. The molecule has 0 aliphatic carbocycles. The quantitative estimate of drug-likeness (QED) is 0.727. The summed E-state index contributed by atoms with van der Waals surface area (Å²) in [6, 6.07) is 0. The van der Waals surface area contributed by atoms with Gasteiger partial charge in [-0.2, -0.15) is 0 Å². The fraction of sp³-hybridized carbons (Fsp3) is 0.600. The number of rotatable bonds is 4. The Morgan fingerprint density at radius 2 is 1.30 bits per heavy atom. The van der Waals surface area contributed by atoms with Crippen LogP contribution in [0.3, 0.4) is 0 Å². The first-order valence-corrected chi connectivity index (χ1v) is 2.56. The van der Waals surface area contributed by atoms with E-state index in [9.17, 15) is 9.59 Å². The van der Waals surface area contributed by atoms with Crippen molar-refractivity contribution in [3.63, 3.8) is 0 Å². The third kappa shape index (κ3) is 10.4. The first kappa shape index (κ1) is 12.1. The molecule has 0 heterocycles. The van der Waals surface area contributed by atoms with Crippen LogP contribution < -0.4 is 0 Å².